The number of carbonyl (C=O) groups is 1. The van der Waals surface area contributed by atoms with E-state index in [9.17, 15) is 13.2 Å². The highest BCUT2D eigenvalue weighted by molar-refractivity contribution is 7.85. The van der Waals surface area contributed by atoms with E-state index in [4.69, 9.17) is 16.2 Å². The van der Waals surface area contributed by atoms with Crippen molar-refractivity contribution in [3.8, 4) is 0 Å². The number of amides is 1. The SMILES string of the molecule is CC(=O)N(/C=C1\CCCC(/C=C(\c2ccccc2)c2cccc[n+]2CCCCS(=O)(=O)O)=C1Cl)c1ccccc1. The van der Waals surface area contributed by atoms with Crippen molar-refractivity contribution in [1.29, 1.82) is 0 Å². The smallest absolute Gasteiger partial charge is 0.264 e. The fraction of sp³-hybridized carbons (Fsp3) is 0.250. The maximum absolute atomic E-state index is 12.5. The molecule has 0 radical (unpaired) electrons. The van der Waals surface area contributed by atoms with Gasteiger partial charge in [-0.25, -0.2) is 0 Å². The summed E-state index contributed by atoms with van der Waals surface area (Å²) in [6, 6.07) is 25.6. The van der Waals surface area contributed by atoms with Gasteiger partial charge in [0, 0.05) is 42.4 Å². The van der Waals surface area contributed by atoms with Crippen molar-refractivity contribution in [3.63, 3.8) is 0 Å². The quantitative estimate of drug-likeness (QED) is 0.165. The lowest BCUT2D eigenvalue weighted by molar-refractivity contribution is -0.699. The van der Waals surface area contributed by atoms with Gasteiger partial charge < -0.3 is 0 Å². The van der Waals surface area contributed by atoms with E-state index in [-0.39, 0.29) is 11.7 Å². The molecule has 1 aliphatic rings. The highest BCUT2D eigenvalue weighted by Crippen LogP contribution is 2.36. The number of aryl methyl sites for hydroxylation is 1. The Labute approximate surface area is 241 Å². The van der Waals surface area contributed by atoms with Gasteiger partial charge in [-0.05, 0) is 66.7 Å². The van der Waals surface area contributed by atoms with E-state index in [1.807, 2.05) is 79.1 Å². The molecule has 208 valence electrons. The lowest BCUT2D eigenvalue weighted by Crippen LogP contribution is -2.38. The molecule has 2 aromatic carbocycles. The zero-order valence-electron chi connectivity index (χ0n) is 22.5. The molecule has 0 fully saturated rings. The molecule has 4 rings (SSSR count). The number of hydrogen-bond donors (Lipinski definition) is 1. The van der Waals surface area contributed by atoms with Crippen molar-refractivity contribution < 1.29 is 22.3 Å². The van der Waals surface area contributed by atoms with Gasteiger partial charge in [-0.15, -0.1) is 0 Å². The van der Waals surface area contributed by atoms with E-state index < -0.39 is 10.1 Å². The summed E-state index contributed by atoms with van der Waals surface area (Å²) in [4.78, 5) is 14.2. The summed E-state index contributed by atoms with van der Waals surface area (Å²) in [5, 5.41) is 0.650. The molecule has 1 aromatic heterocycles. The zero-order valence-corrected chi connectivity index (χ0v) is 24.1. The van der Waals surface area contributed by atoms with Gasteiger partial charge in [0.05, 0.1) is 11.3 Å². The number of aromatic nitrogens is 1. The van der Waals surface area contributed by atoms with Crippen molar-refractivity contribution in [2.24, 2.45) is 0 Å². The maximum atomic E-state index is 12.5. The minimum atomic E-state index is -3.98. The van der Waals surface area contributed by atoms with Crippen molar-refractivity contribution in [3.05, 3.63) is 125 Å². The predicted octanol–water partition coefficient (Wildman–Crippen LogP) is 6.69. The molecule has 0 saturated carbocycles. The number of allylic oxidation sites excluding steroid dienone is 4. The Balaban J connectivity index is 1.74. The minimum absolute atomic E-state index is 0.0878. The number of hydrogen-bond acceptors (Lipinski definition) is 3. The molecule has 8 heteroatoms. The molecular formula is C32H34ClN2O4S+. The van der Waals surface area contributed by atoms with E-state index >= 15 is 0 Å². The Bertz CT molecular complexity index is 1530. The minimum Gasteiger partial charge on any atom is -0.288 e. The lowest BCUT2D eigenvalue weighted by atomic mass is 9.91. The van der Waals surface area contributed by atoms with Crippen LogP contribution < -0.4 is 9.47 Å². The van der Waals surface area contributed by atoms with Crippen LogP contribution in [0.2, 0.25) is 0 Å². The first-order chi connectivity index (χ1) is 19.2. The van der Waals surface area contributed by atoms with Crippen molar-refractivity contribution in [2.45, 2.75) is 45.6 Å². The standard InChI is InChI=1S/C32H33ClN2O4S/c1-25(36)35(29-17-6-3-7-18-29)24-28-16-12-15-27(32(28)33)23-30(26-13-4-2-5-14-26)31-19-8-9-20-34(31)21-10-11-22-40(37,38)39/h2-9,13-14,17-20,23-24H,10-12,15-16,21-22H2,1H3/p+1. The lowest BCUT2D eigenvalue weighted by Gasteiger charge is -2.22. The van der Waals surface area contributed by atoms with E-state index in [1.54, 1.807) is 11.8 Å². The molecule has 6 nitrogen and oxygen atoms in total. The fourth-order valence-corrected chi connectivity index (χ4v) is 5.68. The topological polar surface area (TPSA) is 78.6 Å². The highest BCUT2D eigenvalue weighted by Gasteiger charge is 2.22. The van der Waals surface area contributed by atoms with E-state index in [0.29, 0.717) is 24.4 Å². The fourth-order valence-electron chi connectivity index (χ4n) is 4.82. The first kappa shape index (κ1) is 29.5. The predicted molar refractivity (Wildman–Crippen MR) is 160 cm³/mol. The molecule has 0 bridgehead atoms. The average molecular weight is 578 g/mol. The van der Waals surface area contributed by atoms with Crippen molar-refractivity contribution in [1.82, 2.24) is 0 Å². The van der Waals surface area contributed by atoms with Crippen LogP contribution >= 0.6 is 11.6 Å². The van der Waals surface area contributed by atoms with Crippen LogP contribution in [0.3, 0.4) is 0 Å². The number of nitrogens with zero attached hydrogens (tertiary/aromatic N) is 2. The number of anilines is 1. The summed E-state index contributed by atoms with van der Waals surface area (Å²) >= 11 is 7.03. The summed E-state index contributed by atoms with van der Waals surface area (Å²) < 4.78 is 33.5. The summed E-state index contributed by atoms with van der Waals surface area (Å²) in [6.45, 7) is 2.14. The largest absolute Gasteiger partial charge is 0.288 e. The molecular weight excluding hydrogens is 544 g/mol. The van der Waals surface area contributed by atoms with Gasteiger partial charge in [-0.3, -0.25) is 14.2 Å². The second-order valence-corrected chi connectivity index (χ2v) is 11.7. The first-order valence-corrected chi connectivity index (χ1v) is 15.4. The molecule has 1 amide bonds. The molecule has 3 aromatic rings. The third-order valence-electron chi connectivity index (χ3n) is 6.79. The summed E-state index contributed by atoms with van der Waals surface area (Å²) in [5.74, 6) is -0.343. The Morgan fingerprint density at radius 2 is 1.65 bits per heavy atom. The molecule has 0 atom stereocenters. The van der Waals surface area contributed by atoms with Crippen molar-refractivity contribution in [2.75, 3.05) is 10.7 Å². The molecule has 1 aliphatic carbocycles. The van der Waals surface area contributed by atoms with Gasteiger partial charge in [0.25, 0.3) is 10.1 Å². The van der Waals surface area contributed by atoms with Crippen LogP contribution in [0.25, 0.3) is 5.57 Å². The van der Waals surface area contributed by atoms with Gasteiger partial charge in [0.2, 0.25) is 11.6 Å². The molecule has 0 aliphatic heterocycles. The Kier molecular flexibility index (Phi) is 10.1. The van der Waals surface area contributed by atoms with Crippen molar-refractivity contribution >= 4 is 38.9 Å². The second-order valence-electron chi connectivity index (χ2n) is 9.77. The van der Waals surface area contributed by atoms with Crippen LogP contribution in [-0.4, -0.2) is 24.6 Å². The van der Waals surface area contributed by atoms with E-state index in [2.05, 4.69) is 22.8 Å². The molecule has 1 heterocycles. The third kappa shape index (κ3) is 8.01. The van der Waals surface area contributed by atoms with Gasteiger partial charge in [-0.2, -0.15) is 13.0 Å². The molecule has 1 N–H and O–H groups in total. The Morgan fingerprint density at radius 3 is 2.33 bits per heavy atom. The second kappa shape index (κ2) is 13.7. The van der Waals surface area contributed by atoms with Crippen LogP contribution in [0.5, 0.6) is 0 Å². The van der Waals surface area contributed by atoms with Crippen LogP contribution in [0.15, 0.2) is 114 Å². The number of rotatable bonds is 10. The van der Waals surface area contributed by atoms with Gasteiger partial charge in [0.15, 0.2) is 6.20 Å². The highest BCUT2D eigenvalue weighted by atomic mass is 35.5. The Morgan fingerprint density at radius 1 is 0.975 bits per heavy atom. The zero-order chi connectivity index (χ0) is 28.5. The van der Waals surface area contributed by atoms with Gasteiger partial charge >= 0.3 is 0 Å². The van der Waals surface area contributed by atoms with Crippen LogP contribution in [0.4, 0.5) is 5.69 Å². The summed E-state index contributed by atoms with van der Waals surface area (Å²) in [7, 11) is -3.98. The summed E-state index contributed by atoms with van der Waals surface area (Å²) in [6.07, 6.45) is 9.41. The number of benzene rings is 2. The number of halogens is 1. The monoisotopic (exact) mass is 577 g/mol. The molecule has 0 unspecified atom stereocenters. The summed E-state index contributed by atoms with van der Waals surface area (Å²) in [5.41, 5.74) is 5.70. The Hall–Kier alpha value is -3.52. The third-order valence-corrected chi connectivity index (χ3v) is 8.08. The normalized spacial score (nSPS) is 15.4. The van der Waals surface area contributed by atoms with Gasteiger partial charge in [-0.1, -0.05) is 60.1 Å². The van der Waals surface area contributed by atoms with E-state index in [1.165, 1.54) is 0 Å². The van der Waals surface area contributed by atoms with E-state index in [0.717, 1.165) is 52.9 Å². The number of carbonyl (C=O) groups excluding carboxylic acids is 1. The number of unbranched alkanes of at least 4 members (excludes halogenated alkanes) is 1. The number of para-hydroxylation sites is 1. The van der Waals surface area contributed by atoms with Crippen LogP contribution in [0, 0.1) is 0 Å². The number of pyridine rings is 1. The van der Waals surface area contributed by atoms with Gasteiger partial charge in [0.1, 0.15) is 6.54 Å². The average Bonchev–Trinajstić information content (AvgIpc) is 2.95. The molecule has 0 saturated heterocycles. The maximum Gasteiger partial charge on any atom is 0.264 e. The first-order valence-electron chi connectivity index (χ1n) is 13.4. The van der Waals surface area contributed by atoms with Crippen LogP contribution in [0.1, 0.15) is 50.3 Å². The molecule has 40 heavy (non-hydrogen) atoms. The van der Waals surface area contributed by atoms with Crippen LogP contribution in [-0.2, 0) is 21.5 Å². The molecule has 0 spiro atoms.